The van der Waals surface area contributed by atoms with Gasteiger partial charge in [-0.15, -0.1) is 0 Å². The van der Waals surface area contributed by atoms with Gasteiger partial charge in [0.25, 0.3) is 0 Å². The molecule has 0 radical (unpaired) electrons. The molecule has 2 atom stereocenters. The van der Waals surface area contributed by atoms with Crippen LogP contribution >= 0.6 is 12.2 Å². The molecule has 5 nitrogen and oxygen atoms in total. The standard InChI is InChI=1S/C29H31N5S/c1-18(2)22-11-13-23(14-12-22)34-27(26(32-29(34)35)25-10-6-7-15-30-25)24-17-20(4)33(21(24)5)28-19(3)9-8-16-31-28/h6-18,26-27H,1-5H3,(H,32,35)/t26-,27+/m0/s1. The molecule has 1 saturated heterocycles. The first-order chi connectivity index (χ1) is 16.9. The van der Waals surface area contributed by atoms with Crippen LogP contribution in [0, 0.1) is 20.8 Å². The molecule has 5 rings (SSSR count). The second kappa shape index (κ2) is 9.27. The van der Waals surface area contributed by atoms with Gasteiger partial charge in [0.15, 0.2) is 5.11 Å². The molecule has 0 unspecified atom stereocenters. The highest BCUT2D eigenvalue weighted by Crippen LogP contribution is 2.44. The van der Waals surface area contributed by atoms with Gasteiger partial charge < -0.3 is 14.8 Å². The highest BCUT2D eigenvalue weighted by Gasteiger charge is 2.42. The lowest BCUT2D eigenvalue weighted by Crippen LogP contribution is -2.29. The van der Waals surface area contributed by atoms with Crippen LogP contribution in [-0.2, 0) is 0 Å². The van der Waals surface area contributed by atoms with Crippen molar-refractivity contribution in [2.24, 2.45) is 0 Å². The summed E-state index contributed by atoms with van der Waals surface area (Å²) < 4.78 is 2.25. The van der Waals surface area contributed by atoms with E-state index in [1.165, 1.54) is 11.1 Å². The molecule has 0 bridgehead atoms. The largest absolute Gasteiger partial charge is 0.351 e. The molecule has 1 N–H and O–H groups in total. The van der Waals surface area contributed by atoms with Crippen LogP contribution in [-0.4, -0.2) is 19.6 Å². The van der Waals surface area contributed by atoms with Crippen LogP contribution in [0.2, 0.25) is 0 Å². The van der Waals surface area contributed by atoms with Gasteiger partial charge in [-0.1, -0.05) is 38.1 Å². The van der Waals surface area contributed by atoms with Gasteiger partial charge in [0.1, 0.15) is 5.82 Å². The van der Waals surface area contributed by atoms with E-state index in [0.717, 1.165) is 34.2 Å². The molecule has 35 heavy (non-hydrogen) atoms. The molecule has 1 aliphatic rings. The Morgan fingerprint density at radius 1 is 0.914 bits per heavy atom. The maximum atomic E-state index is 5.93. The van der Waals surface area contributed by atoms with Crippen LogP contribution in [0.4, 0.5) is 5.69 Å². The predicted octanol–water partition coefficient (Wildman–Crippen LogP) is 6.49. The minimum atomic E-state index is -0.0766. The third kappa shape index (κ3) is 4.12. The zero-order valence-corrected chi connectivity index (χ0v) is 21.7. The molecular formula is C29H31N5S. The Morgan fingerprint density at radius 2 is 1.66 bits per heavy atom. The molecule has 3 aromatic heterocycles. The number of nitrogens with zero attached hydrogens (tertiary/aromatic N) is 4. The number of thiocarbonyl (C=S) groups is 1. The first-order valence-corrected chi connectivity index (χ1v) is 12.5. The third-order valence-corrected chi connectivity index (χ3v) is 7.23. The summed E-state index contributed by atoms with van der Waals surface area (Å²) in [7, 11) is 0. The zero-order valence-electron chi connectivity index (χ0n) is 20.9. The molecule has 1 aromatic carbocycles. The quantitative estimate of drug-likeness (QED) is 0.330. The number of aromatic nitrogens is 3. The van der Waals surface area contributed by atoms with Crippen LogP contribution in [0.5, 0.6) is 0 Å². The summed E-state index contributed by atoms with van der Waals surface area (Å²) in [5.74, 6) is 1.44. The molecule has 178 valence electrons. The van der Waals surface area contributed by atoms with Crippen molar-refractivity contribution in [1.82, 2.24) is 19.9 Å². The maximum Gasteiger partial charge on any atom is 0.174 e. The van der Waals surface area contributed by atoms with E-state index >= 15 is 0 Å². The predicted molar refractivity (Wildman–Crippen MR) is 146 cm³/mol. The van der Waals surface area contributed by atoms with Crippen LogP contribution < -0.4 is 10.2 Å². The monoisotopic (exact) mass is 481 g/mol. The Balaban J connectivity index is 1.67. The number of aryl methyl sites for hydroxylation is 2. The number of rotatable bonds is 5. The third-order valence-electron chi connectivity index (χ3n) is 6.92. The lowest BCUT2D eigenvalue weighted by molar-refractivity contribution is 0.565. The van der Waals surface area contributed by atoms with E-state index in [2.05, 4.69) is 91.9 Å². The highest BCUT2D eigenvalue weighted by atomic mass is 32.1. The van der Waals surface area contributed by atoms with E-state index in [4.69, 9.17) is 22.2 Å². The van der Waals surface area contributed by atoms with Crippen molar-refractivity contribution in [3.63, 3.8) is 0 Å². The van der Waals surface area contributed by atoms with Crippen molar-refractivity contribution >= 4 is 23.0 Å². The Labute approximate surface area is 212 Å². The van der Waals surface area contributed by atoms with E-state index in [0.29, 0.717) is 11.0 Å². The summed E-state index contributed by atoms with van der Waals surface area (Å²) in [6.07, 6.45) is 3.70. The molecule has 0 aliphatic carbocycles. The van der Waals surface area contributed by atoms with Crippen molar-refractivity contribution < 1.29 is 0 Å². The summed E-state index contributed by atoms with van der Waals surface area (Å²) in [4.78, 5) is 11.6. The van der Waals surface area contributed by atoms with Gasteiger partial charge in [-0.2, -0.15) is 0 Å². The van der Waals surface area contributed by atoms with Crippen LogP contribution in [0.25, 0.3) is 5.82 Å². The van der Waals surface area contributed by atoms with E-state index in [1.807, 2.05) is 30.6 Å². The average Bonchev–Trinajstić information content (AvgIpc) is 3.35. The second-order valence-corrected chi connectivity index (χ2v) is 9.94. The molecule has 6 heteroatoms. The van der Waals surface area contributed by atoms with Crippen molar-refractivity contribution in [1.29, 1.82) is 0 Å². The Morgan fingerprint density at radius 3 is 2.31 bits per heavy atom. The average molecular weight is 482 g/mol. The topological polar surface area (TPSA) is 46.0 Å². The minimum absolute atomic E-state index is 0.0498. The molecule has 0 spiro atoms. The molecule has 1 fully saturated rings. The van der Waals surface area contributed by atoms with Gasteiger partial charge in [-0.3, -0.25) is 4.98 Å². The number of nitrogens with one attached hydrogen (secondary N) is 1. The fraction of sp³-hybridized carbons (Fsp3) is 0.276. The van der Waals surface area contributed by atoms with Gasteiger partial charge in [0, 0.05) is 29.5 Å². The van der Waals surface area contributed by atoms with Crippen molar-refractivity contribution in [2.45, 2.75) is 52.6 Å². The van der Waals surface area contributed by atoms with Crippen molar-refractivity contribution in [2.75, 3.05) is 4.90 Å². The summed E-state index contributed by atoms with van der Waals surface area (Å²) in [5, 5.41) is 4.29. The Hall–Kier alpha value is -3.51. The van der Waals surface area contributed by atoms with Crippen LogP contribution in [0.3, 0.4) is 0 Å². The second-order valence-electron chi connectivity index (χ2n) is 9.55. The number of benzene rings is 1. The molecule has 0 amide bonds. The lowest BCUT2D eigenvalue weighted by atomic mass is 9.96. The van der Waals surface area contributed by atoms with Gasteiger partial charge in [0.05, 0.1) is 17.8 Å². The molecular weight excluding hydrogens is 450 g/mol. The summed E-state index contributed by atoms with van der Waals surface area (Å²) in [5.41, 5.74) is 8.02. The fourth-order valence-corrected chi connectivity index (χ4v) is 5.44. The number of pyridine rings is 2. The minimum Gasteiger partial charge on any atom is -0.351 e. The zero-order chi connectivity index (χ0) is 24.7. The molecule has 4 aromatic rings. The summed E-state index contributed by atoms with van der Waals surface area (Å²) in [6, 6.07) is 21.0. The van der Waals surface area contributed by atoms with Crippen LogP contribution in [0.15, 0.2) is 73.1 Å². The lowest BCUT2D eigenvalue weighted by Gasteiger charge is -2.28. The van der Waals surface area contributed by atoms with Gasteiger partial charge in [0.2, 0.25) is 0 Å². The molecule has 1 aliphatic heterocycles. The Kier molecular flexibility index (Phi) is 6.15. The van der Waals surface area contributed by atoms with Gasteiger partial charge >= 0.3 is 0 Å². The highest BCUT2D eigenvalue weighted by molar-refractivity contribution is 7.80. The van der Waals surface area contributed by atoms with E-state index in [-0.39, 0.29) is 12.1 Å². The van der Waals surface area contributed by atoms with Crippen LogP contribution in [0.1, 0.15) is 65.6 Å². The number of hydrogen-bond donors (Lipinski definition) is 1. The SMILES string of the molecule is Cc1cccnc1-n1c(C)cc([C@@H]2[C@H](c3ccccn3)NC(=S)N2c2ccc(C(C)C)cc2)c1C. The molecule has 0 saturated carbocycles. The fourth-order valence-electron chi connectivity index (χ4n) is 5.09. The maximum absolute atomic E-state index is 5.93. The van der Waals surface area contributed by atoms with E-state index in [9.17, 15) is 0 Å². The Bertz CT molecular complexity index is 1360. The van der Waals surface area contributed by atoms with Gasteiger partial charge in [-0.05, 0) is 92.0 Å². The first kappa shape index (κ1) is 23.2. The van der Waals surface area contributed by atoms with E-state index < -0.39 is 0 Å². The van der Waals surface area contributed by atoms with Crippen molar-refractivity contribution in [3.05, 3.63) is 107 Å². The van der Waals surface area contributed by atoms with Crippen molar-refractivity contribution in [3.8, 4) is 5.82 Å². The number of anilines is 1. The smallest absolute Gasteiger partial charge is 0.174 e. The first-order valence-electron chi connectivity index (χ1n) is 12.1. The molecule has 4 heterocycles. The summed E-state index contributed by atoms with van der Waals surface area (Å²) in [6.45, 7) is 10.8. The summed E-state index contributed by atoms with van der Waals surface area (Å²) >= 11 is 5.93. The van der Waals surface area contributed by atoms with E-state index in [1.54, 1.807) is 0 Å². The number of hydrogen-bond acceptors (Lipinski definition) is 3. The normalized spacial score (nSPS) is 17.8. The van der Waals surface area contributed by atoms with Gasteiger partial charge in [-0.25, -0.2) is 4.98 Å².